The van der Waals surface area contributed by atoms with Crippen LogP contribution in [0.1, 0.15) is 30.9 Å². The van der Waals surface area contributed by atoms with Gasteiger partial charge in [0, 0.05) is 19.2 Å². The minimum Gasteiger partial charge on any atom is -0.463 e. The zero-order valence-corrected chi connectivity index (χ0v) is 15.1. The number of esters is 1. The summed E-state index contributed by atoms with van der Waals surface area (Å²) in [6.07, 6.45) is 0.874. The van der Waals surface area contributed by atoms with Gasteiger partial charge in [0.2, 0.25) is 5.91 Å². The SMILES string of the molecule is CCc1cccc(C)c1NC(=S)NC(=O)CCC(=O)OCCOC. The topological polar surface area (TPSA) is 76.7 Å². The first kappa shape index (κ1) is 20.1. The molecular weight excluding hydrogens is 328 g/mol. The van der Waals surface area contributed by atoms with Crippen LogP contribution in [-0.2, 0) is 25.5 Å². The maximum Gasteiger partial charge on any atom is 0.306 e. The zero-order valence-electron chi connectivity index (χ0n) is 14.3. The summed E-state index contributed by atoms with van der Waals surface area (Å²) in [7, 11) is 1.52. The molecule has 0 spiro atoms. The molecule has 0 saturated heterocycles. The number of nitrogens with one attached hydrogen (secondary N) is 2. The second-order valence-electron chi connectivity index (χ2n) is 5.18. The molecule has 0 aliphatic carbocycles. The Balaban J connectivity index is 2.42. The molecule has 0 aromatic heterocycles. The van der Waals surface area contributed by atoms with Gasteiger partial charge in [-0.25, -0.2) is 0 Å². The second kappa shape index (κ2) is 10.7. The summed E-state index contributed by atoms with van der Waals surface area (Å²) < 4.78 is 9.66. The lowest BCUT2D eigenvalue weighted by Crippen LogP contribution is -2.34. The molecule has 0 bridgehead atoms. The van der Waals surface area contributed by atoms with Gasteiger partial charge in [0.1, 0.15) is 6.61 Å². The fraction of sp³-hybridized carbons (Fsp3) is 0.471. The molecule has 2 N–H and O–H groups in total. The lowest BCUT2D eigenvalue weighted by molar-refractivity contribution is -0.146. The predicted octanol–water partition coefficient (Wildman–Crippen LogP) is 2.34. The number of anilines is 1. The van der Waals surface area contributed by atoms with E-state index in [0.29, 0.717) is 6.61 Å². The van der Waals surface area contributed by atoms with Crippen LogP contribution in [0.15, 0.2) is 18.2 Å². The number of carbonyl (C=O) groups excluding carboxylic acids is 2. The Morgan fingerprint density at radius 2 is 1.96 bits per heavy atom. The smallest absolute Gasteiger partial charge is 0.306 e. The van der Waals surface area contributed by atoms with E-state index in [4.69, 9.17) is 21.7 Å². The maximum atomic E-state index is 11.8. The van der Waals surface area contributed by atoms with E-state index in [2.05, 4.69) is 17.6 Å². The number of rotatable bonds is 8. The number of aryl methyl sites for hydroxylation is 2. The molecule has 0 heterocycles. The van der Waals surface area contributed by atoms with Crippen molar-refractivity contribution < 1.29 is 19.1 Å². The minimum absolute atomic E-state index is 0.00271. The molecule has 132 valence electrons. The van der Waals surface area contributed by atoms with Gasteiger partial charge in [-0.15, -0.1) is 0 Å². The van der Waals surface area contributed by atoms with Crippen LogP contribution in [0.3, 0.4) is 0 Å². The van der Waals surface area contributed by atoms with Gasteiger partial charge in [-0.1, -0.05) is 25.1 Å². The van der Waals surface area contributed by atoms with Gasteiger partial charge < -0.3 is 20.1 Å². The molecule has 7 heteroatoms. The highest BCUT2D eigenvalue weighted by Crippen LogP contribution is 2.20. The van der Waals surface area contributed by atoms with Crippen LogP contribution >= 0.6 is 12.2 Å². The monoisotopic (exact) mass is 352 g/mol. The van der Waals surface area contributed by atoms with Gasteiger partial charge in [0.05, 0.1) is 13.0 Å². The van der Waals surface area contributed by atoms with Crippen molar-refractivity contribution in [2.45, 2.75) is 33.1 Å². The number of para-hydroxylation sites is 1. The van der Waals surface area contributed by atoms with Crippen LogP contribution in [0.2, 0.25) is 0 Å². The van der Waals surface area contributed by atoms with Crippen molar-refractivity contribution in [3.8, 4) is 0 Å². The van der Waals surface area contributed by atoms with Crippen LogP contribution < -0.4 is 10.6 Å². The lowest BCUT2D eigenvalue weighted by atomic mass is 10.1. The van der Waals surface area contributed by atoms with E-state index in [9.17, 15) is 9.59 Å². The Kier molecular flexibility index (Phi) is 8.96. The zero-order chi connectivity index (χ0) is 17.9. The Morgan fingerprint density at radius 1 is 1.21 bits per heavy atom. The number of amides is 1. The van der Waals surface area contributed by atoms with Gasteiger partial charge in [-0.05, 0) is 36.7 Å². The molecule has 0 aliphatic rings. The van der Waals surface area contributed by atoms with E-state index in [1.807, 2.05) is 25.1 Å². The van der Waals surface area contributed by atoms with Gasteiger partial charge in [-0.2, -0.15) is 0 Å². The van der Waals surface area contributed by atoms with E-state index in [1.54, 1.807) is 0 Å². The van der Waals surface area contributed by atoms with Crippen molar-refractivity contribution in [3.05, 3.63) is 29.3 Å². The summed E-state index contributed by atoms with van der Waals surface area (Å²) >= 11 is 5.17. The summed E-state index contributed by atoms with van der Waals surface area (Å²) in [5, 5.41) is 5.85. The highest BCUT2D eigenvalue weighted by atomic mass is 32.1. The van der Waals surface area contributed by atoms with Crippen LogP contribution in [0.4, 0.5) is 5.69 Å². The molecular formula is C17H24N2O4S. The average Bonchev–Trinajstić information content (AvgIpc) is 2.55. The number of carbonyl (C=O) groups is 2. The summed E-state index contributed by atoms with van der Waals surface area (Å²) in [5.74, 6) is -0.768. The summed E-state index contributed by atoms with van der Waals surface area (Å²) in [4.78, 5) is 23.3. The standard InChI is InChI=1S/C17H24N2O4S/c1-4-13-7-5-6-12(2)16(13)19-17(24)18-14(20)8-9-15(21)23-11-10-22-3/h5-7H,4,8-11H2,1-3H3,(H2,18,19,20,24). The molecule has 1 aromatic rings. The first-order valence-corrected chi connectivity index (χ1v) is 8.22. The molecule has 1 aromatic carbocycles. The third-order valence-electron chi connectivity index (χ3n) is 3.34. The van der Waals surface area contributed by atoms with Gasteiger partial charge in [0.25, 0.3) is 0 Å². The number of thiocarbonyl (C=S) groups is 1. The number of methoxy groups -OCH3 is 1. The van der Waals surface area contributed by atoms with E-state index in [0.717, 1.165) is 23.2 Å². The maximum absolute atomic E-state index is 11.8. The Hall–Kier alpha value is -1.99. The molecule has 1 rings (SSSR count). The van der Waals surface area contributed by atoms with E-state index < -0.39 is 5.97 Å². The van der Waals surface area contributed by atoms with Crippen LogP contribution in [0.25, 0.3) is 0 Å². The number of hydrogen-bond acceptors (Lipinski definition) is 5. The highest BCUT2D eigenvalue weighted by molar-refractivity contribution is 7.80. The summed E-state index contributed by atoms with van der Waals surface area (Å²) in [5.41, 5.74) is 3.07. The molecule has 0 aliphatic heterocycles. The third kappa shape index (κ3) is 7.06. The van der Waals surface area contributed by atoms with Crippen molar-refractivity contribution in [3.63, 3.8) is 0 Å². The Bertz CT molecular complexity index is 590. The first-order valence-electron chi connectivity index (χ1n) is 7.81. The largest absolute Gasteiger partial charge is 0.463 e. The molecule has 1 amide bonds. The van der Waals surface area contributed by atoms with Gasteiger partial charge >= 0.3 is 5.97 Å². The molecule has 6 nitrogen and oxygen atoms in total. The third-order valence-corrected chi connectivity index (χ3v) is 3.54. The van der Waals surface area contributed by atoms with Crippen molar-refractivity contribution >= 4 is 34.9 Å². The molecule has 0 radical (unpaired) electrons. The van der Waals surface area contributed by atoms with Crippen molar-refractivity contribution in [2.24, 2.45) is 0 Å². The molecule has 0 unspecified atom stereocenters. The molecule has 0 saturated carbocycles. The van der Waals surface area contributed by atoms with E-state index in [-0.39, 0.29) is 30.5 Å². The number of benzene rings is 1. The normalized spacial score (nSPS) is 10.1. The van der Waals surface area contributed by atoms with Crippen LogP contribution in [-0.4, -0.2) is 37.3 Å². The average molecular weight is 352 g/mol. The number of ether oxygens (including phenoxy) is 2. The summed E-state index contributed by atoms with van der Waals surface area (Å²) in [6, 6.07) is 5.97. The molecule has 24 heavy (non-hydrogen) atoms. The highest BCUT2D eigenvalue weighted by Gasteiger charge is 2.11. The Labute approximate surface area is 147 Å². The first-order chi connectivity index (χ1) is 11.5. The van der Waals surface area contributed by atoms with E-state index in [1.165, 1.54) is 7.11 Å². The Morgan fingerprint density at radius 3 is 2.62 bits per heavy atom. The second-order valence-corrected chi connectivity index (χ2v) is 5.59. The molecule has 0 atom stereocenters. The van der Waals surface area contributed by atoms with Crippen LogP contribution in [0.5, 0.6) is 0 Å². The fourth-order valence-electron chi connectivity index (χ4n) is 2.06. The predicted molar refractivity (Wildman–Crippen MR) is 97.0 cm³/mol. The molecule has 0 fully saturated rings. The van der Waals surface area contributed by atoms with Crippen molar-refractivity contribution in [1.29, 1.82) is 0 Å². The van der Waals surface area contributed by atoms with Crippen molar-refractivity contribution in [1.82, 2.24) is 5.32 Å². The number of hydrogen-bond donors (Lipinski definition) is 2. The quantitative estimate of drug-likeness (QED) is 0.425. The fourth-order valence-corrected chi connectivity index (χ4v) is 2.28. The van der Waals surface area contributed by atoms with Gasteiger partial charge in [0.15, 0.2) is 5.11 Å². The van der Waals surface area contributed by atoms with E-state index >= 15 is 0 Å². The van der Waals surface area contributed by atoms with Crippen LogP contribution in [0, 0.1) is 6.92 Å². The van der Waals surface area contributed by atoms with Crippen molar-refractivity contribution in [2.75, 3.05) is 25.6 Å². The van der Waals surface area contributed by atoms with Gasteiger partial charge in [-0.3, -0.25) is 9.59 Å². The summed E-state index contributed by atoms with van der Waals surface area (Å²) in [6.45, 7) is 4.55. The lowest BCUT2D eigenvalue weighted by Gasteiger charge is -2.15. The minimum atomic E-state index is -0.437.